The van der Waals surface area contributed by atoms with Gasteiger partial charge in [-0.05, 0) is 49.1 Å². The van der Waals surface area contributed by atoms with E-state index in [2.05, 4.69) is 0 Å². The molecule has 154 valence electrons. The summed E-state index contributed by atoms with van der Waals surface area (Å²) in [6.45, 7) is 0. The van der Waals surface area contributed by atoms with E-state index in [1.54, 1.807) is 10.6 Å². The first kappa shape index (κ1) is 18.6. The van der Waals surface area contributed by atoms with Crippen LogP contribution in [0.4, 0.5) is 13.2 Å². The molecule has 4 aromatic rings. The van der Waals surface area contributed by atoms with E-state index in [0.717, 1.165) is 10.9 Å². The summed E-state index contributed by atoms with van der Waals surface area (Å²) >= 11 is 0. The molecule has 30 heavy (non-hydrogen) atoms. The van der Waals surface area contributed by atoms with E-state index < -0.39 is 18.1 Å². The van der Waals surface area contributed by atoms with Crippen molar-refractivity contribution in [1.82, 2.24) is 4.57 Å². The Morgan fingerprint density at radius 1 is 1.10 bits per heavy atom. The van der Waals surface area contributed by atoms with Gasteiger partial charge in [-0.1, -0.05) is 18.2 Å². The van der Waals surface area contributed by atoms with E-state index in [-0.39, 0.29) is 30.9 Å². The van der Waals surface area contributed by atoms with Crippen molar-refractivity contribution < 1.29 is 31.9 Å². The number of fused-ring (bicyclic) bond motifs is 2. The van der Waals surface area contributed by atoms with Crippen molar-refractivity contribution in [1.29, 1.82) is 0 Å². The number of aromatic carboxylic acids is 1. The normalized spacial score (nSPS) is 16.7. The van der Waals surface area contributed by atoms with E-state index in [9.17, 15) is 23.1 Å². The SMILES string of the molecule is O=C(O)c1ccc(-n2c(-c3cc4ccccc4o3)cc3c2C[C@@H](C(F)(F)F)CC3)o1. The molecule has 0 fully saturated rings. The number of nitrogens with zero attached hydrogens (tertiary/aromatic N) is 1. The number of rotatable bonds is 3. The number of carboxylic acid groups (broad SMARTS) is 1. The topological polar surface area (TPSA) is 68.5 Å². The van der Waals surface area contributed by atoms with Crippen LogP contribution in [0.3, 0.4) is 0 Å². The quantitative estimate of drug-likeness (QED) is 0.456. The molecule has 1 aliphatic carbocycles. The lowest BCUT2D eigenvalue weighted by Crippen LogP contribution is -2.29. The summed E-state index contributed by atoms with van der Waals surface area (Å²) in [4.78, 5) is 11.3. The zero-order valence-corrected chi connectivity index (χ0v) is 15.6. The molecular weight excluding hydrogens is 399 g/mol. The minimum atomic E-state index is -4.30. The van der Waals surface area contributed by atoms with E-state index in [4.69, 9.17) is 8.83 Å². The van der Waals surface area contributed by atoms with Gasteiger partial charge in [-0.2, -0.15) is 13.2 Å². The number of aryl methyl sites for hydroxylation is 1. The second kappa shape index (κ2) is 6.55. The zero-order chi connectivity index (χ0) is 21.0. The first-order valence-electron chi connectivity index (χ1n) is 9.44. The maximum Gasteiger partial charge on any atom is 0.392 e. The maximum absolute atomic E-state index is 13.4. The van der Waals surface area contributed by atoms with Crippen molar-refractivity contribution in [3.05, 3.63) is 65.5 Å². The van der Waals surface area contributed by atoms with Gasteiger partial charge in [0.1, 0.15) is 5.58 Å². The van der Waals surface area contributed by atoms with Crippen molar-refractivity contribution in [2.75, 3.05) is 0 Å². The molecule has 0 spiro atoms. The van der Waals surface area contributed by atoms with Gasteiger partial charge in [0.15, 0.2) is 5.76 Å². The Bertz CT molecular complexity index is 1230. The summed E-state index contributed by atoms with van der Waals surface area (Å²) in [6.07, 6.45) is -4.23. The molecule has 0 aliphatic heterocycles. The third-order valence-electron chi connectivity index (χ3n) is 5.56. The van der Waals surface area contributed by atoms with E-state index in [0.29, 0.717) is 22.7 Å². The average Bonchev–Trinajstić information content (AvgIpc) is 3.41. The number of halogens is 3. The van der Waals surface area contributed by atoms with E-state index in [1.807, 2.05) is 30.3 Å². The Kier molecular flexibility index (Phi) is 4.06. The highest BCUT2D eigenvalue weighted by Gasteiger charge is 2.42. The Hall–Kier alpha value is -3.42. The molecule has 3 aromatic heterocycles. The number of para-hydroxylation sites is 1. The summed E-state index contributed by atoms with van der Waals surface area (Å²) in [5.41, 5.74) is 2.42. The highest BCUT2D eigenvalue weighted by molar-refractivity contribution is 5.85. The van der Waals surface area contributed by atoms with E-state index >= 15 is 0 Å². The summed E-state index contributed by atoms with van der Waals surface area (Å²) < 4.78 is 53.2. The Morgan fingerprint density at radius 3 is 2.60 bits per heavy atom. The fraction of sp³-hybridized carbons (Fsp3) is 0.227. The summed E-state index contributed by atoms with van der Waals surface area (Å²) in [5.74, 6) is -2.38. The fourth-order valence-electron chi connectivity index (χ4n) is 4.09. The lowest BCUT2D eigenvalue weighted by molar-refractivity contribution is -0.177. The number of alkyl halides is 3. The fourth-order valence-corrected chi connectivity index (χ4v) is 4.09. The van der Waals surface area contributed by atoms with Crippen molar-refractivity contribution in [2.24, 2.45) is 5.92 Å². The zero-order valence-electron chi connectivity index (χ0n) is 15.6. The third-order valence-corrected chi connectivity index (χ3v) is 5.56. The Labute approximate surface area is 168 Å². The predicted molar refractivity (Wildman–Crippen MR) is 102 cm³/mol. The second-order valence-corrected chi connectivity index (χ2v) is 7.41. The molecule has 0 saturated heterocycles. The van der Waals surface area contributed by atoms with Crippen LogP contribution in [-0.4, -0.2) is 21.8 Å². The van der Waals surface area contributed by atoms with Crippen LogP contribution in [-0.2, 0) is 12.8 Å². The number of carbonyl (C=O) groups is 1. The Morgan fingerprint density at radius 2 is 1.90 bits per heavy atom. The van der Waals surface area contributed by atoms with Crippen LogP contribution < -0.4 is 0 Å². The molecule has 1 aromatic carbocycles. The van der Waals surface area contributed by atoms with Crippen molar-refractivity contribution in [3.8, 4) is 17.3 Å². The molecule has 0 bridgehead atoms. The van der Waals surface area contributed by atoms with Crippen LogP contribution in [0.2, 0.25) is 0 Å². The monoisotopic (exact) mass is 415 g/mol. The first-order chi connectivity index (χ1) is 14.3. The highest BCUT2D eigenvalue weighted by Crippen LogP contribution is 2.42. The Balaban J connectivity index is 1.70. The van der Waals surface area contributed by atoms with Crippen molar-refractivity contribution in [2.45, 2.75) is 25.4 Å². The maximum atomic E-state index is 13.4. The van der Waals surface area contributed by atoms with Crippen LogP contribution in [0.25, 0.3) is 28.3 Å². The molecule has 1 N–H and O–H groups in total. The van der Waals surface area contributed by atoms with Crippen LogP contribution in [0, 0.1) is 5.92 Å². The minimum absolute atomic E-state index is 0.0125. The molecular formula is C22H16F3NO4. The number of carboxylic acids is 1. The van der Waals surface area contributed by atoms with Crippen molar-refractivity contribution >= 4 is 16.9 Å². The van der Waals surface area contributed by atoms with Crippen LogP contribution >= 0.6 is 0 Å². The number of benzene rings is 1. The van der Waals surface area contributed by atoms with Crippen LogP contribution in [0.15, 0.2) is 57.4 Å². The number of aromatic nitrogens is 1. The van der Waals surface area contributed by atoms with Gasteiger partial charge in [0, 0.05) is 17.1 Å². The van der Waals surface area contributed by atoms with Gasteiger partial charge in [0.05, 0.1) is 11.6 Å². The largest absolute Gasteiger partial charge is 0.475 e. The van der Waals surface area contributed by atoms with Gasteiger partial charge in [-0.25, -0.2) is 4.79 Å². The van der Waals surface area contributed by atoms with Gasteiger partial charge in [-0.3, -0.25) is 4.57 Å². The summed E-state index contributed by atoms with van der Waals surface area (Å²) in [7, 11) is 0. The molecule has 8 heteroatoms. The number of hydrogen-bond acceptors (Lipinski definition) is 3. The molecule has 0 unspecified atom stereocenters. The first-order valence-corrected chi connectivity index (χ1v) is 9.44. The summed E-state index contributed by atoms with van der Waals surface area (Å²) in [6, 6.07) is 13.7. The van der Waals surface area contributed by atoms with Gasteiger partial charge in [0.25, 0.3) is 0 Å². The molecule has 0 amide bonds. The van der Waals surface area contributed by atoms with Crippen LogP contribution in [0.5, 0.6) is 0 Å². The predicted octanol–water partition coefficient (Wildman–Crippen LogP) is 5.85. The number of hydrogen-bond donors (Lipinski definition) is 1. The summed E-state index contributed by atoms with van der Waals surface area (Å²) in [5, 5.41) is 10.1. The molecule has 3 heterocycles. The second-order valence-electron chi connectivity index (χ2n) is 7.41. The molecule has 1 atom stereocenters. The molecule has 1 aliphatic rings. The molecule has 0 radical (unpaired) electrons. The van der Waals surface area contributed by atoms with Crippen molar-refractivity contribution in [3.63, 3.8) is 0 Å². The van der Waals surface area contributed by atoms with Gasteiger partial charge < -0.3 is 13.9 Å². The average molecular weight is 415 g/mol. The smallest absolute Gasteiger partial charge is 0.392 e. The van der Waals surface area contributed by atoms with E-state index in [1.165, 1.54) is 12.1 Å². The third kappa shape index (κ3) is 2.99. The molecule has 0 saturated carbocycles. The highest BCUT2D eigenvalue weighted by atomic mass is 19.4. The number of furan rings is 2. The van der Waals surface area contributed by atoms with Gasteiger partial charge in [-0.15, -0.1) is 0 Å². The lowest BCUT2D eigenvalue weighted by Gasteiger charge is -2.25. The lowest BCUT2D eigenvalue weighted by atomic mass is 9.87. The molecule has 5 rings (SSSR count). The minimum Gasteiger partial charge on any atom is -0.475 e. The standard InChI is InChI=1S/C22H16F3NO4/c23-22(24,25)14-6-5-12-9-16(19-10-13-3-1-2-4-17(13)29-19)26(15(12)11-14)20-8-7-18(30-20)21(27)28/h1-4,7-10,14H,5-6,11H2,(H,27,28)/t14-/m0/s1. The van der Waals surface area contributed by atoms with Gasteiger partial charge in [0.2, 0.25) is 11.6 Å². The van der Waals surface area contributed by atoms with Gasteiger partial charge >= 0.3 is 12.1 Å². The van der Waals surface area contributed by atoms with Crippen LogP contribution in [0.1, 0.15) is 28.2 Å². The molecule has 5 nitrogen and oxygen atoms in total.